The summed E-state index contributed by atoms with van der Waals surface area (Å²) in [5.74, 6) is -0.953. The second-order valence-corrected chi connectivity index (χ2v) is 5.74. The lowest BCUT2D eigenvalue weighted by atomic mass is 10.2. The number of aromatic nitrogens is 2. The molecule has 0 unspecified atom stereocenters. The number of nitrogens with zero attached hydrogens (tertiary/aromatic N) is 3. The van der Waals surface area contributed by atoms with Gasteiger partial charge in [0.05, 0.1) is 22.4 Å². The van der Waals surface area contributed by atoms with Gasteiger partial charge in [-0.2, -0.15) is 10.2 Å². The van der Waals surface area contributed by atoms with Crippen LogP contribution in [0.4, 0.5) is 11.4 Å². The zero-order valence-corrected chi connectivity index (χ0v) is 14.3. The second kappa shape index (κ2) is 7.14. The Hall–Kier alpha value is -3.55. The summed E-state index contributed by atoms with van der Waals surface area (Å²) in [6, 6.07) is 12.2. The molecule has 0 bridgehead atoms. The van der Waals surface area contributed by atoms with Crippen molar-refractivity contribution in [3.63, 3.8) is 0 Å². The zero-order chi connectivity index (χ0) is 18.7. The number of H-pyrrole nitrogens is 2. The minimum absolute atomic E-state index is 0.268. The molecule has 0 saturated heterocycles. The van der Waals surface area contributed by atoms with Gasteiger partial charge in [0.15, 0.2) is 0 Å². The van der Waals surface area contributed by atoms with E-state index in [9.17, 15) is 14.4 Å². The van der Waals surface area contributed by atoms with Crippen molar-refractivity contribution < 1.29 is 9.59 Å². The Morgan fingerprint density at radius 2 is 1.81 bits per heavy atom. The molecule has 2 amide bonds. The average Bonchev–Trinajstić information content (AvgIpc) is 2.96. The Morgan fingerprint density at radius 1 is 1.08 bits per heavy atom. The maximum atomic E-state index is 12.5. The third-order valence-corrected chi connectivity index (χ3v) is 3.82. The van der Waals surface area contributed by atoms with Crippen LogP contribution in [0.5, 0.6) is 0 Å². The van der Waals surface area contributed by atoms with E-state index in [0.29, 0.717) is 22.4 Å². The standard InChI is InChI=1S/C18H17N5O3/c1-11-5-3-4-6-14(11)22-19-10-17(25)23(12(2)24)13-7-8-15-16(9-13)21-18(26)20-15/h3-9H,10H2,1-2H3,(H2,20,21,26). The van der Waals surface area contributed by atoms with E-state index in [4.69, 9.17) is 0 Å². The van der Waals surface area contributed by atoms with Crippen LogP contribution in [0, 0.1) is 6.92 Å². The van der Waals surface area contributed by atoms with Gasteiger partial charge in [-0.25, -0.2) is 9.69 Å². The van der Waals surface area contributed by atoms with Gasteiger partial charge >= 0.3 is 5.69 Å². The molecule has 0 spiro atoms. The first-order valence-electron chi connectivity index (χ1n) is 7.94. The van der Waals surface area contributed by atoms with Crippen LogP contribution in [0.1, 0.15) is 12.5 Å². The van der Waals surface area contributed by atoms with Crippen LogP contribution in [0.2, 0.25) is 0 Å². The van der Waals surface area contributed by atoms with Crippen molar-refractivity contribution in [1.82, 2.24) is 9.97 Å². The summed E-state index contributed by atoms with van der Waals surface area (Å²) in [5, 5.41) is 7.96. The number of nitrogens with one attached hydrogen (secondary N) is 2. The molecule has 0 aliphatic rings. The number of anilines is 1. The number of aryl methyl sites for hydroxylation is 1. The number of carbonyl (C=O) groups is 2. The summed E-state index contributed by atoms with van der Waals surface area (Å²) in [4.78, 5) is 42.0. The van der Waals surface area contributed by atoms with Crippen molar-refractivity contribution in [3.8, 4) is 0 Å². The lowest BCUT2D eigenvalue weighted by Gasteiger charge is -2.18. The summed E-state index contributed by atoms with van der Waals surface area (Å²) in [6.45, 7) is 2.92. The van der Waals surface area contributed by atoms with Crippen LogP contribution in [0.25, 0.3) is 11.0 Å². The summed E-state index contributed by atoms with van der Waals surface area (Å²) in [5.41, 5.74) is 2.71. The molecule has 26 heavy (non-hydrogen) atoms. The minimum Gasteiger partial charge on any atom is -0.306 e. The van der Waals surface area contributed by atoms with Gasteiger partial charge in [-0.05, 0) is 36.8 Å². The SMILES string of the molecule is CC(=O)N(C(=O)CN=Nc1ccccc1C)c1ccc2[nH]c(=O)[nH]c2c1. The van der Waals surface area contributed by atoms with E-state index < -0.39 is 11.8 Å². The first kappa shape index (κ1) is 17.3. The molecule has 3 rings (SSSR count). The van der Waals surface area contributed by atoms with Crippen LogP contribution in [0.15, 0.2) is 57.5 Å². The second-order valence-electron chi connectivity index (χ2n) is 5.74. The van der Waals surface area contributed by atoms with Gasteiger partial charge in [-0.15, -0.1) is 0 Å². The number of hydrogen-bond acceptors (Lipinski definition) is 5. The summed E-state index contributed by atoms with van der Waals surface area (Å²) in [6.07, 6.45) is 0. The molecule has 1 heterocycles. The van der Waals surface area contributed by atoms with Crippen LogP contribution < -0.4 is 10.6 Å². The molecule has 0 fully saturated rings. The Kier molecular flexibility index (Phi) is 4.74. The summed E-state index contributed by atoms with van der Waals surface area (Å²) < 4.78 is 0. The predicted octanol–water partition coefficient (Wildman–Crippen LogP) is 2.83. The van der Waals surface area contributed by atoms with E-state index >= 15 is 0 Å². The molecular formula is C18H17N5O3. The first-order chi connectivity index (χ1) is 12.5. The highest BCUT2D eigenvalue weighted by Gasteiger charge is 2.20. The number of fused-ring (bicyclic) bond motifs is 1. The molecule has 0 atom stereocenters. The van der Waals surface area contributed by atoms with Crippen molar-refractivity contribution in [2.75, 3.05) is 11.4 Å². The first-order valence-corrected chi connectivity index (χ1v) is 7.94. The number of imide groups is 1. The Balaban J connectivity index is 1.82. The Labute approximate surface area is 148 Å². The van der Waals surface area contributed by atoms with Crippen LogP contribution in [0.3, 0.4) is 0 Å². The van der Waals surface area contributed by atoms with Gasteiger partial charge in [0.25, 0.3) is 5.91 Å². The Morgan fingerprint density at radius 3 is 2.54 bits per heavy atom. The van der Waals surface area contributed by atoms with E-state index in [2.05, 4.69) is 20.2 Å². The topological polar surface area (TPSA) is 111 Å². The van der Waals surface area contributed by atoms with E-state index in [1.165, 1.54) is 6.92 Å². The number of hydrogen-bond donors (Lipinski definition) is 2. The number of imidazole rings is 1. The zero-order valence-electron chi connectivity index (χ0n) is 14.3. The van der Waals surface area contributed by atoms with Gasteiger partial charge in [0.1, 0.15) is 6.54 Å². The smallest absolute Gasteiger partial charge is 0.306 e. The number of amides is 2. The fraction of sp³-hybridized carbons (Fsp3) is 0.167. The molecule has 2 N–H and O–H groups in total. The van der Waals surface area contributed by atoms with Crippen molar-refractivity contribution in [3.05, 3.63) is 58.5 Å². The molecular weight excluding hydrogens is 334 g/mol. The van der Waals surface area contributed by atoms with Gasteiger partial charge in [0, 0.05) is 6.92 Å². The molecule has 0 saturated carbocycles. The van der Waals surface area contributed by atoms with Gasteiger partial charge in [0.2, 0.25) is 5.91 Å². The fourth-order valence-electron chi connectivity index (χ4n) is 2.58. The normalized spacial score (nSPS) is 11.2. The number of carbonyl (C=O) groups excluding carboxylic acids is 2. The maximum absolute atomic E-state index is 12.5. The molecule has 0 radical (unpaired) electrons. The number of aromatic amines is 2. The molecule has 0 aliphatic heterocycles. The van der Waals surface area contributed by atoms with Gasteiger partial charge in [-0.3, -0.25) is 9.59 Å². The number of azo groups is 1. The van der Waals surface area contributed by atoms with Crippen LogP contribution >= 0.6 is 0 Å². The van der Waals surface area contributed by atoms with Gasteiger partial charge < -0.3 is 9.97 Å². The largest absolute Gasteiger partial charge is 0.323 e. The highest BCUT2D eigenvalue weighted by molar-refractivity contribution is 6.15. The quantitative estimate of drug-likeness (QED) is 0.705. The third-order valence-electron chi connectivity index (χ3n) is 3.82. The van der Waals surface area contributed by atoms with Crippen molar-refractivity contribution >= 4 is 34.2 Å². The summed E-state index contributed by atoms with van der Waals surface area (Å²) in [7, 11) is 0. The molecule has 3 aromatic rings. The highest BCUT2D eigenvalue weighted by Crippen LogP contribution is 2.20. The molecule has 8 nitrogen and oxygen atoms in total. The van der Waals surface area contributed by atoms with Gasteiger partial charge in [-0.1, -0.05) is 18.2 Å². The predicted molar refractivity (Wildman–Crippen MR) is 97.6 cm³/mol. The minimum atomic E-state index is -0.507. The van der Waals surface area contributed by atoms with Crippen molar-refractivity contribution in [2.24, 2.45) is 10.2 Å². The van der Waals surface area contributed by atoms with Crippen LogP contribution in [-0.2, 0) is 9.59 Å². The average molecular weight is 351 g/mol. The molecule has 1 aromatic heterocycles. The van der Waals surface area contributed by atoms with Crippen molar-refractivity contribution in [1.29, 1.82) is 0 Å². The van der Waals surface area contributed by atoms with E-state index in [0.717, 1.165) is 10.5 Å². The lowest BCUT2D eigenvalue weighted by Crippen LogP contribution is -2.36. The Bertz CT molecular complexity index is 1060. The number of rotatable bonds is 4. The molecule has 132 valence electrons. The van der Waals surface area contributed by atoms with E-state index in [1.807, 2.05) is 25.1 Å². The highest BCUT2D eigenvalue weighted by atomic mass is 16.2. The molecule has 0 aliphatic carbocycles. The van der Waals surface area contributed by atoms with Crippen molar-refractivity contribution in [2.45, 2.75) is 13.8 Å². The fourth-order valence-corrected chi connectivity index (χ4v) is 2.58. The molecule has 8 heteroatoms. The summed E-state index contributed by atoms with van der Waals surface area (Å²) >= 11 is 0. The monoisotopic (exact) mass is 351 g/mol. The third kappa shape index (κ3) is 3.59. The number of benzene rings is 2. The molecule has 2 aromatic carbocycles. The van der Waals surface area contributed by atoms with Crippen LogP contribution in [-0.4, -0.2) is 28.3 Å². The lowest BCUT2D eigenvalue weighted by molar-refractivity contribution is -0.124. The van der Waals surface area contributed by atoms with E-state index in [-0.39, 0.29) is 12.2 Å². The maximum Gasteiger partial charge on any atom is 0.323 e. The van der Waals surface area contributed by atoms with E-state index in [1.54, 1.807) is 24.3 Å².